The molecule has 0 unspecified atom stereocenters. The number of halogens is 5. The van der Waals surface area contributed by atoms with Gasteiger partial charge in [-0.25, -0.2) is 23.3 Å². The summed E-state index contributed by atoms with van der Waals surface area (Å²) in [6, 6.07) is 8.47. The van der Waals surface area contributed by atoms with Crippen molar-refractivity contribution in [3.63, 3.8) is 0 Å². The molecule has 0 amide bonds. The van der Waals surface area contributed by atoms with Crippen molar-refractivity contribution in [1.29, 1.82) is 0 Å². The first kappa shape index (κ1) is 21.2. The molecule has 0 saturated heterocycles. The minimum Gasteiger partial charge on any atom is -0.384 e. The fraction of sp³-hybridized carbons (Fsp3) is 0.136. The number of benzene rings is 1. The molecule has 0 saturated carbocycles. The van der Waals surface area contributed by atoms with Crippen LogP contribution in [-0.4, -0.2) is 19.6 Å². The van der Waals surface area contributed by atoms with E-state index in [1.54, 1.807) is 19.1 Å². The average molecular weight is 443 g/mol. The second-order valence-corrected chi connectivity index (χ2v) is 6.85. The maximum absolute atomic E-state index is 13.7. The van der Waals surface area contributed by atoms with Crippen molar-refractivity contribution >= 4 is 11.5 Å². The molecule has 0 radical (unpaired) electrons. The van der Waals surface area contributed by atoms with E-state index in [1.807, 2.05) is 0 Å². The van der Waals surface area contributed by atoms with Gasteiger partial charge >= 0.3 is 6.18 Å². The van der Waals surface area contributed by atoms with E-state index in [1.165, 1.54) is 18.3 Å². The number of pyridine rings is 1. The van der Waals surface area contributed by atoms with Crippen molar-refractivity contribution in [3.8, 4) is 23.1 Å². The van der Waals surface area contributed by atoms with E-state index in [2.05, 4.69) is 26.9 Å². The predicted octanol–water partition coefficient (Wildman–Crippen LogP) is 5.04. The third-order valence-electron chi connectivity index (χ3n) is 4.67. The van der Waals surface area contributed by atoms with E-state index >= 15 is 0 Å². The van der Waals surface area contributed by atoms with Crippen molar-refractivity contribution in [2.45, 2.75) is 19.5 Å². The molecule has 0 atom stereocenters. The lowest BCUT2D eigenvalue weighted by Crippen LogP contribution is -2.05. The zero-order valence-corrected chi connectivity index (χ0v) is 16.5. The molecule has 162 valence electrons. The molecule has 0 bridgehead atoms. The van der Waals surface area contributed by atoms with Gasteiger partial charge in [0.05, 0.1) is 28.7 Å². The smallest absolute Gasteiger partial charge is 0.384 e. The van der Waals surface area contributed by atoms with Crippen LogP contribution in [0.5, 0.6) is 0 Å². The molecule has 0 aliphatic carbocycles. The summed E-state index contributed by atoms with van der Waals surface area (Å²) in [5.41, 5.74) is 6.18. The van der Waals surface area contributed by atoms with Crippen LogP contribution in [0.15, 0.2) is 48.7 Å². The Bertz CT molecular complexity index is 1360. The van der Waals surface area contributed by atoms with E-state index in [0.29, 0.717) is 17.1 Å². The van der Waals surface area contributed by atoms with Crippen LogP contribution in [0.25, 0.3) is 16.9 Å². The number of alkyl halides is 5. The van der Waals surface area contributed by atoms with Gasteiger partial charge in [-0.3, -0.25) is 0 Å². The maximum atomic E-state index is 13.7. The van der Waals surface area contributed by atoms with Gasteiger partial charge in [-0.05, 0) is 37.3 Å². The van der Waals surface area contributed by atoms with Gasteiger partial charge in [0.2, 0.25) is 0 Å². The van der Waals surface area contributed by atoms with E-state index in [9.17, 15) is 22.0 Å². The molecule has 0 aliphatic heterocycles. The molecule has 3 heterocycles. The van der Waals surface area contributed by atoms with Crippen LogP contribution in [0.4, 0.5) is 27.8 Å². The van der Waals surface area contributed by atoms with Crippen LogP contribution >= 0.6 is 0 Å². The first-order valence-electron chi connectivity index (χ1n) is 9.23. The number of nitrogen functional groups attached to an aromatic ring is 1. The zero-order chi connectivity index (χ0) is 23.0. The Labute approximate surface area is 178 Å². The number of fused-ring (bicyclic) bond motifs is 1. The van der Waals surface area contributed by atoms with Gasteiger partial charge < -0.3 is 5.73 Å². The van der Waals surface area contributed by atoms with E-state index < -0.39 is 23.9 Å². The number of rotatable bonds is 2. The first-order valence-corrected chi connectivity index (χ1v) is 9.23. The fourth-order valence-electron chi connectivity index (χ4n) is 3.05. The number of aryl methyl sites for hydroxylation is 1. The van der Waals surface area contributed by atoms with Crippen LogP contribution in [0, 0.1) is 18.8 Å². The summed E-state index contributed by atoms with van der Waals surface area (Å²) in [5.74, 6) is 6.08. The monoisotopic (exact) mass is 443 g/mol. The number of nitrogens with two attached hydrogens (primary N) is 1. The van der Waals surface area contributed by atoms with Crippen LogP contribution < -0.4 is 5.73 Å². The molecule has 4 aromatic rings. The summed E-state index contributed by atoms with van der Waals surface area (Å²) in [5, 5.41) is 3.96. The van der Waals surface area contributed by atoms with Crippen molar-refractivity contribution in [1.82, 2.24) is 19.6 Å². The normalized spacial score (nSPS) is 11.6. The molecule has 0 aliphatic rings. The van der Waals surface area contributed by atoms with Crippen LogP contribution in [0.3, 0.4) is 0 Å². The lowest BCUT2D eigenvalue weighted by molar-refractivity contribution is -0.137. The molecule has 0 spiro atoms. The highest BCUT2D eigenvalue weighted by atomic mass is 19.4. The maximum Gasteiger partial charge on any atom is 0.416 e. The Balaban J connectivity index is 1.82. The van der Waals surface area contributed by atoms with Gasteiger partial charge in [0, 0.05) is 11.1 Å². The fourth-order valence-corrected chi connectivity index (χ4v) is 3.05. The molecular weight excluding hydrogens is 429 g/mol. The molecule has 4 rings (SSSR count). The summed E-state index contributed by atoms with van der Waals surface area (Å²) in [6.07, 6.45) is -6.09. The van der Waals surface area contributed by atoms with E-state index in [0.717, 1.165) is 22.7 Å². The molecule has 10 heteroatoms. The number of hydrogen-bond donors (Lipinski definition) is 1. The Morgan fingerprint density at radius 1 is 0.969 bits per heavy atom. The molecule has 2 N–H and O–H groups in total. The van der Waals surface area contributed by atoms with Crippen LogP contribution in [-0.2, 0) is 6.18 Å². The third kappa shape index (κ3) is 4.09. The minimum absolute atomic E-state index is 0.0613. The standard InChI is InChI=1S/C22H14F5N5/c1-12-13(6-9-19(28)30-12)2-3-15-11-29-32-18(20(23)24)10-17(31-21(15)32)14-4-7-16(8-5-14)22(25,26)27/h4-11,20H,1H3,(H2,28,30). The van der Waals surface area contributed by atoms with Crippen LogP contribution in [0.1, 0.15) is 34.5 Å². The average Bonchev–Trinajstić information content (AvgIpc) is 3.15. The Morgan fingerprint density at radius 3 is 2.28 bits per heavy atom. The highest BCUT2D eigenvalue weighted by Gasteiger charge is 2.30. The number of anilines is 1. The second kappa shape index (κ2) is 7.92. The highest BCUT2D eigenvalue weighted by Crippen LogP contribution is 2.32. The van der Waals surface area contributed by atoms with Gasteiger partial charge in [0.15, 0.2) is 5.65 Å². The Hall–Kier alpha value is -4.00. The summed E-state index contributed by atoms with van der Waals surface area (Å²) < 4.78 is 66.8. The van der Waals surface area contributed by atoms with Crippen molar-refractivity contribution in [2.24, 2.45) is 0 Å². The summed E-state index contributed by atoms with van der Waals surface area (Å²) in [4.78, 5) is 8.45. The number of aromatic nitrogens is 4. The molecule has 5 nitrogen and oxygen atoms in total. The molecule has 1 aromatic carbocycles. The molecular formula is C22H14F5N5. The SMILES string of the molecule is Cc1nc(N)ccc1C#Cc1cnn2c(C(F)F)cc(-c3ccc(C(F)(F)F)cc3)nc12. The lowest BCUT2D eigenvalue weighted by atomic mass is 10.1. The van der Waals surface area contributed by atoms with Gasteiger partial charge in [-0.1, -0.05) is 24.0 Å². The first-order chi connectivity index (χ1) is 15.1. The number of nitrogens with zero attached hydrogens (tertiary/aromatic N) is 4. The zero-order valence-electron chi connectivity index (χ0n) is 16.5. The van der Waals surface area contributed by atoms with Gasteiger partial charge in [-0.15, -0.1) is 0 Å². The highest BCUT2D eigenvalue weighted by molar-refractivity contribution is 5.67. The Morgan fingerprint density at radius 2 is 1.66 bits per heavy atom. The number of hydrogen-bond acceptors (Lipinski definition) is 4. The summed E-state index contributed by atoms with van der Waals surface area (Å²) in [7, 11) is 0. The second-order valence-electron chi connectivity index (χ2n) is 6.85. The lowest BCUT2D eigenvalue weighted by Gasteiger charge is -2.10. The molecule has 32 heavy (non-hydrogen) atoms. The largest absolute Gasteiger partial charge is 0.416 e. The van der Waals surface area contributed by atoms with Gasteiger partial charge in [0.1, 0.15) is 11.5 Å². The topological polar surface area (TPSA) is 69.1 Å². The molecule has 3 aromatic heterocycles. The summed E-state index contributed by atoms with van der Waals surface area (Å²) >= 11 is 0. The Kier molecular flexibility index (Phi) is 5.26. The van der Waals surface area contributed by atoms with Crippen LogP contribution in [0.2, 0.25) is 0 Å². The van der Waals surface area contributed by atoms with Gasteiger partial charge in [-0.2, -0.15) is 18.3 Å². The van der Waals surface area contributed by atoms with Gasteiger partial charge in [0.25, 0.3) is 6.43 Å². The predicted molar refractivity (Wildman–Crippen MR) is 108 cm³/mol. The van der Waals surface area contributed by atoms with E-state index in [4.69, 9.17) is 5.73 Å². The van der Waals surface area contributed by atoms with Crippen molar-refractivity contribution < 1.29 is 22.0 Å². The van der Waals surface area contributed by atoms with Crippen molar-refractivity contribution in [2.75, 3.05) is 5.73 Å². The summed E-state index contributed by atoms with van der Waals surface area (Å²) in [6.45, 7) is 1.73. The molecule has 0 fully saturated rings. The van der Waals surface area contributed by atoms with E-state index in [-0.39, 0.29) is 22.5 Å². The van der Waals surface area contributed by atoms with Crippen molar-refractivity contribution in [3.05, 3.63) is 76.7 Å². The minimum atomic E-state index is -4.51. The quantitative estimate of drug-likeness (QED) is 0.348. The third-order valence-corrected chi connectivity index (χ3v) is 4.67.